The van der Waals surface area contributed by atoms with Gasteiger partial charge in [-0.2, -0.15) is 0 Å². The number of hydrogen-bond acceptors (Lipinski definition) is 9. The minimum Gasteiger partial charge on any atom is -0.466 e. The molecule has 1 aromatic rings. The molecule has 3 heterocycles. The highest BCUT2D eigenvalue weighted by Crippen LogP contribution is 2.30. The van der Waals surface area contributed by atoms with E-state index in [-0.39, 0.29) is 48.8 Å². The van der Waals surface area contributed by atoms with E-state index >= 15 is 0 Å². The zero-order valence-corrected chi connectivity index (χ0v) is 32.8. The molecular weight excluding hydrogens is 662 g/mol. The Bertz CT molecular complexity index is 1380. The summed E-state index contributed by atoms with van der Waals surface area (Å²) in [5.41, 5.74) is 0.173. The minimum atomic E-state index is -0.821. The first-order chi connectivity index (χ1) is 24.6. The number of likely N-dealkylation sites (tertiary alicyclic amines) is 3. The first kappa shape index (κ1) is 41.2. The molecule has 0 radical (unpaired) electrons. The third-order valence-corrected chi connectivity index (χ3v) is 11.1. The average Bonchev–Trinajstić information content (AvgIpc) is 3.79. The summed E-state index contributed by atoms with van der Waals surface area (Å²) in [4.78, 5) is 75.8. The molecule has 12 heteroatoms. The predicted octanol–water partition coefficient (Wildman–Crippen LogP) is 4.18. The number of amides is 3. The van der Waals surface area contributed by atoms with Gasteiger partial charge in [0.25, 0.3) is 0 Å². The second-order valence-corrected chi connectivity index (χ2v) is 16.2. The van der Waals surface area contributed by atoms with E-state index in [1.54, 1.807) is 16.7 Å². The van der Waals surface area contributed by atoms with Crippen LogP contribution in [0.25, 0.3) is 0 Å². The second kappa shape index (κ2) is 18.5. The summed E-state index contributed by atoms with van der Waals surface area (Å²) >= 11 is 0. The number of piperidine rings is 1. The van der Waals surface area contributed by atoms with Crippen molar-refractivity contribution in [3.63, 3.8) is 0 Å². The van der Waals surface area contributed by atoms with Crippen LogP contribution in [-0.2, 0) is 33.4 Å². The summed E-state index contributed by atoms with van der Waals surface area (Å²) in [6.07, 6.45) is 4.55. The molecule has 0 saturated carbocycles. The van der Waals surface area contributed by atoms with Gasteiger partial charge in [0.05, 0.1) is 25.1 Å². The number of benzene rings is 1. The molecule has 3 aliphatic rings. The molecule has 6 atom stereocenters. The standard InChI is InChI=1S/C40H63N5O7/c1-9-51-34(46)25-33(28-17-11-10-12-18-28)52-39(50)31-21-16-24-45(31)37(48)30-20-15-23-44(30)26-32(27(2)3)43(8)38(49)35(40(4,5)6)41-36(47)29-19-13-14-22-42(29)7/h10-12,17-18,27,29-33,35H,9,13-16,19-26H2,1-8H3,(H,41,47). The van der Waals surface area contributed by atoms with Gasteiger partial charge in [-0.05, 0) is 82.5 Å². The Kier molecular flexibility index (Phi) is 14.7. The van der Waals surface area contributed by atoms with Crippen molar-refractivity contribution < 1.29 is 33.4 Å². The van der Waals surface area contributed by atoms with E-state index in [1.807, 2.05) is 65.2 Å². The number of carbonyl (C=O) groups is 5. The Morgan fingerprint density at radius 1 is 0.904 bits per heavy atom. The van der Waals surface area contributed by atoms with Crippen LogP contribution in [0.3, 0.4) is 0 Å². The zero-order valence-electron chi connectivity index (χ0n) is 32.8. The Labute approximate surface area is 310 Å². The molecular formula is C40H63N5O7. The van der Waals surface area contributed by atoms with Gasteiger partial charge < -0.3 is 24.6 Å². The van der Waals surface area contributed by atoms with E-state index in [9.17, 15) is 24.0 Å². The van der Waals surface area contributed by atoms with E-state index in [4.69, 9.17) is 9.47 Å². The summed E-state index contributed by atoms with van der Waals surface area (Å²) in [7, 11) is 3.77. The van der Waals surface area contributed by atoms with Gasteiger partial charge in [0.15, 0.2) is 0 Å². The highest BCUT2D eigenvalue weighted by Gasteiger charge is 2.44. The van der Waals surface area contributed by atoms with E-state index in [0.29, 0.717) is 44.5 Å². The molecule has 0 aliphatic carbocycles. The Morgan fingerprint density at radius 3 is 2.19 bits per heavy atom. The SMILES string of the molecule is CCOC(=O)CC(OC(=O)C1CCCN1C(=O)C1CCCN1CC(C(C)C)N(C)C(=O)C(NC(=O)C1CCCCN1C)C(C)(C)C)c1ccccc1. The number of nitrogens with zero attached hydrogens (tertiary/aromatic N) is 4. The third-order valence-electron chi connectivity index (χ3n) is 11.1. The quantitative estimate of drug-likeness (QED) is 0.281. The van der Waals surface area contributed by atoms with E-state index in [2.05, 4.69) is 29.0 Å². The van der Waals surface area contributed by atoms with Crippen molar-refractivity contribution in [1.29, 1.82) is 0 Å². The number of rotatable bonds is 14. The van der Waals surface area contributed by atoms with Gasteiger partial charge in [0, 0.05) is 26.2 Å². The van der Waals surface area contributed by atoms with E-state index < -0.39 is 41.6 Å². The van der Waals surface area contributed by atoms with Gasteiger partial charge in [-0.3, -0.25) is 29.0 Å². The molecule has 52 heavy (non-hydrogen) atoms. The molecule has 3 aliphatic heterocycles. The number of hydrogen-bond donors (Lipinski definition) is 1. The predicted molar refractivity (Wildman–Crippen MR) is 199 cm³/mol. The molecule has 290 valence electrons. The van der Waals surface area contributed by atoms with Gasteiger partial charge in [0.1, 0.15) is 18.2 Å². The molecule has 0 aromatic heterocycles. The van der Waals surface area contributed by atoms with Gasteiger partial charge in [-0.15, -0.1) is 0 Å². The van der Waals surface area contributed by atoms with Crippen LogP contribution in [0.2, 0.25) is 0 Å². The fourth-order valence-corrected chi connectivity index (χ4v) is 7.96. The van der Waals surface area contributed by atoms with Crippen molar-refractivity contribution in [1.82, 2.24) is 24.9 Å². The molecule has 4 rings (SSSR count). The van der Waals surface area contributed by atoms with Crippen LogP contribution >= 0.6 is 0 Å². The maximum atomic E-state index is 14.3. The second-order valence-electron chi connectivity index (χ2n) is 16.2. The lowest BCUT2D eigenvalue weighted by molar-refractivity contribution is -0.162. The fourth-order valence-electron chi connectivity index (χ4n) is 7.96. The highest BCUT2D eigenvalue weighted by molar-refractivity contribution is 5.91. The average molecular weight is 726 g/mol. The van der Waals surface area contributed by atoms with Gasteiger partial charge in [-0.1, -0.05) is 71.4 Å². The first-order valence-corrected chi connectivity index (χ1v) is 19.4. The third kappa shape index (κ3) is 10.3. The highest BCUT2D eigenvalue weighted by atomic mass is 16.6. The van der Waals surface area contributed by atoms with Crippen LogP contribution in [0.4, 0.5) is 0 Å². The van der Waals surface area contributed by atoms with Crippen molar-refractivity contribution in [2.45, 2.75) is 129 Å². The largest absolute Gasteiger partial charge is 0.466 e. The topological polar surface area (TPSA) is 129 Å². The Morgan fingerprint density at radius 2 is 1.56 bits per heavy atom. The monoisotopic (exact) mass is 725 g/mol. The van der Waals surface area contributed by atoms with Crippen LogP contribution in [0.1, 0.15) is 105 Å². The molecule has 0 spiro atoms. The molecule has 3 fully saturated rings. The number of likely N-dealkylation sites (N-methyl/N-ethyl adjacent to an activating group) is 2. The van der Waals surface area contributed by atoms with Crippen LogP contribution in [0.15, 0.2) is 30.3 Å². The smallest absolute Gasteiger partial charge is 0.329 e. The van der Waals surface area contributed by atoms with E-state index in [0.717, 1.165) is 32.2 Å². The van der Waals surface area contributed by atoms with Crippen molar-refractivity contribution in [2.75, 3.05) is 46.9 Å². The van der Waals surface area contributed by atoms with Crippen molar-refractivity contribution in [3.8, 4) is 0 Å². The summed E-state index contributed by atoms with van der Waals surface area (Å²) in [5, 5.41) is 3.13. The molecule has 3 amide bonds. The summed E-state index contributed by atoms with van der Waals surface area (Å²) in [5.74, 6) is -1.25. The molecule has 12 nitrogen and oxygen atoms in total. The molecule has 1 N–H and O–H groups in total. The molecule has 1 aromatic carbocycles. The van der Waals surface area contributed by atoms with Crippen molar-refractivity contribution >= 4 is 29.7 Å². The van der Waals surface area contributed by atoms with Crippen LogP contribution < -0.4 is 5.32 Å². The number of esters is 2. The zero-order chi connectivity index (χ0) is 38.2. The lowest BCUT2D eigenvalue weighted by atomic mass is 9.84. The van der Waals surface area contributed by atoms with Gasteiger partial charge >= 0.3 is 11.9 Å². The van der Waals surface area contributed by atoms with Crippen molar-refractivity contribution in [2.24, 2.45) is 11.3 Å². The fraction of sp³-hybridized carbons (Fsp3) is 0.725. The maximum Gasteiger partial charge on any atom is 0.329 e. The summed E-state index contributed by atoms with van der Waals surface area (Å²) in [6, 6.07) is 6.78. The number of carbonyl (C=O) groups excluding carboxylic acids is 5. The summed E-state index contributed by atoms with van der Waals surface area (Å²) in [6.45, 7) is 14.5. The normalized spacial score (nSPS) is 23.2. The number of ether oxygens (including phenoxy) is 2. The summed E-state index contributed by atoms with van der Waals surface area (Å²) < 4.78 is 11.1. The van der Waals surface area contributed by atoms with Crippen molar-refractivity contribution in [3.05, 3.63) is 35.9 Å². The maximum absolute atomic E-state index is 14.3. The lowest BCUT2D eigenvalue weighted by Gasteiger charge is -2.41. The Balaban J connectivity index is 1.45. The number of nitrogens with one attached hydrogen (secondary N) is 1. The van der Waals surface area contributed by atoms with Gasteiger partial charge in [-0.25, -0.2) is 4.79 Å². The lowest BCUT2D eigenvalue weighted by Crippen LogP contribution is -2.61. The Hall–Kier alpha value is -3.51. The molecule has 6 unspecified atom stereocenters. The minimum absolute atomic E-state index is 0.0786. The van der Waals surface area contributed by atoms with Crippen LogP contribution in [-0.4, -0.2) is 126 Å². The van der Waals surface area contributed by atoms with Gasteiger partial charge in [0.2, 0.25) is 17.7 Å². The molecule has 3 saturated heterocycles. The molecule has 0 bridgehead atoms. The van der Waals surface area contributed by atoms with Crippen LogP contribution in [0, 0.1) is 11.3 Å². The van der Waals surface area contributed by atoms with E-state index in [1.165, 1.54) is 0 Å². The first-order valence-electron chi connectivity index (χ1n) is 19.4. The van der Waals surface area contributed by atoms with Crippen LogP contribution in [0.5, 0.6) is 0 Å².